The highest BCUT2D eigenvalue weighted by Gasteiger charge is 2.10. The van der Waals surface area contributed by atoms with E-state index in [0.717, 1.165) is 0 Å². The molecule has 1 heterocycles. The Bertz CT molecular complexity index is 310. The predicted molar refractivity (Wildman–Crippen MR) is 53.8 cm³/mol. The van der Waals surface area contributed by atoms with E-state index >= 15 is 0 Å². The lowest BCUT2D eigenvalue weighted by molar-refractivity contribution is -0.122. The van der Waals surface area contributed by atoms with Crippen LogP contribution in [0.15, 0.2) is 23.5 Å². The van der Waals surface area contributed by atoms with Crippen molar-refractivity contribution >= 4 is 5.91 Å². The first-order valence-electron chi connectivity index (χ1n) is 4.63. The van der Waals surface area contributed by atoms with Crippen molar-refractivity contribution in [3.63, 3.8) is 0 Å². The van der Waals surface area contributed by atoms with Crippen molar-refractivity contribution in [3.8, 4) is 0 Å². The molecular weight excluding hydrogens is 196 g/mol. The summed E-state index contributed by atoms with van der Waals surface area (Å²) >= 11 is 0. The van der Waals surface area contributed by atoms with E-state index in [1.54, 1.807) is 6.08 Å². The zero-order chi connectivity index (χ0) is 11.1. The van der Waals surface area contributed by atoms with E-state index in [0.29, 0.717) is 25.3 Å². The first-order valence-corrected chi connectivity index (χ1v) is 4.63. The molecule has 0 aromatic carbocycles. The van der Waals surface area contributed by atoms with Crippen LogP contribution in [0, 0.1) is 0 Å². The van der Waals surface area contributed by atoms with Crippen LogP contribution in [-0.4, -0.2) is 28.6 Å². The third kappa shape index (κ3) is 3.90. The molecule has 0 fully saturated rings. The highest BCUT2D eigenvalue weighted by atomic mass is 16.5. The number of hydrogen-bond acceptors (Lipinski definition) is 5. The number of hydrogen-bond donors (Lipinski definition) is 2. The lowest BCUT2D eigenvalue weighted by Gasteiger charge is -2.08. The molecule has 0 spiro atoms. The number of amides is 1. The summed E-state index contributed by atoms with van der Waals surface area (Å²) in [6, 6.07) is -0.537. The first-order chi connectivity index (χ1) is 7.24. The van der Waals surface area contributed by atoms with Crippen molar-refractivity contribution in [3.05, 3.63) is 24.9 Å². The molecule has 1 unspecified atom stereocenters. The van der Waals surface area contributed by atoms with Crippen LogP contribution in [0.5, 0.6) is 0 Å². The first kappa shape index (κ1) is 11.4. The second kappa shape index (κ2) is 5.92. The summed E-state index contributed by atoms with van der Waals surface area (Å²) in [5.74, 6) is 0.294. The van der Waals surface area contributed by atoms with Gasteiger partial charge in [-0.15, -0.1) is 6.58 Å². The molecule has 0 radical (unpaired) electrons. The Morgan fingerprint density at radius 3 is 3.20 bits per heavy atom. The third-order valence-corrected chi connectivity index (χ3v) is 1.80. The molecular formula is C9H14N4O2. The van der Waals surface area contributed by atoms with Gasteiger partial charge in [0.25, 0.3) is 0 Å². The molecule has 1 aromatic rings. The fourth-order valence-corrected chi connectivity index (χ4v) is 1.02. The number of carbonyl (C=O) groups excluding carboxylic acids is 1. The van der Waals surface area contributed by atoms with E-state index in [9.17, 15) is 4.79 Å². The van der Waals surface area contributed by atoms with Crippen molar-refractivity contribution in [2.24, 2.45) is 5.73 Å². The number of nitrogens with one attached hydrogen (secondary N) is 1. The molecule has 1 amide bonds. The van der Waals surface area contributed by atoms with Crippen molar-refractivity contribution in [1.82, 2.24) is 15.5 Å². The molecule has 0 aliphatic heterocycles. The molecule has 3 N–H and O–H groups in total. The predicted octanol–water partition coefficient (Wildman–Crippen LogP) is -0.368. The van der Waals surface area contributed by atoms with Crippen LogP contribution in [0.1, 0.15) is 12.3 Å². The normalized spacial score (nSPS) is 12.1. The van der Waals surface area contributed by atoms with Crippen LogP contribution in [0.2, 0.25) is 0 Å². The zero-order valence-electron chi connectivity index (χ0n) is 8.35. The number of nitrogens with two attached hydrogens (primary N) is 1. The van der Waals surface area contributed by atoms with Crippen molar-refractivity contribution in [2.45, 2.75) is 18.9 Å². The van der Waals surface area contributed by atoms with Crippen molar-refractivity contribution in [1.29, 1.82) is 0 Å². The summed E-state index contributed by atoms with van der Waals surface area (Å²) in [5.41, 5.74) is 5.55. The number of carbonyl (C=O) groups is 1. The molecule has 0 aliphatic rings. The summed E-state index contributed by atoms with van der Waals surface area (Å²) in [6.45, 7) is 3.95. The van der Waals surface area contributed by atoms with Crippen LogP contribution in [0.3, 0.4) is 0 Å². The standard InChI is InChI=1S/C9H14N4O2/c1-2-3-7(10)9(14)11-5-4-8-12-6-13-15-8/h2,6-7H,1,3-5,10H2,(H,11,14). The van der Waals surface area contributed by atoms with E-state index in [-0.39, 0.29) is 5.91 Å². The maximum atomic E-state index is 11.3. The van der Waals surface area contributed by atoms with Gasteiger partial charge in [0.15, 0.2) is 6.33 Å². The summed E-state index contributed by atoms with van der Waals surface area (Å²) < 4.78 is 4.76. The molecule has 6 heteroatoms. The van der Waals surface area contributed by atoms with Gasteiger partial charge >= 0.3 is 0 Å². The van der Waals surface area contributed by atoms with E-state index in [4.69, 9.17) is 10.3 Å². The smallest absolute Gasteiger partial charge is 0.237 e. The molecule has 1 aromatic heterocycles. The highest BCUT2D eigenvalue weighted by molar-refractivity contribution is 5.81. The summed E-state index contributed by atoms with van der Waals surface area (Å²) in [5, 5.41) is 6.11. The van der Waals surface area contributed by atoms with Gasteiger partial charge in [0.2, 0.25) is 11.8 Å². The van der Waals surface area contributed by atoms with E-state index in [1.807, 2.05) is 0 Å². The molecule has 6 nitrogen and oxygen atoms in total. The van der Waals surface area contributed by atoms with E-state index < -0.39 is 6.04 Å². The Kier molecular flexibility index (Phi) is 4.49. The minimum atomic E-state index is -0.537. The summed E-state index contributed by atoms with van der Waals surface area (Å²) in [6.07, 6.45) is 3.90. The Balaban J connectivity index is 2.19. The molecule has 0 aliphatic carbocycles. The Labute approximate surface area is 87.5 Å². The molecule has 1 rings (SSSR count). The lowest BCUT2D eigenvalue weighted by Crippen LogP contribution is -2.40. The minimum Gasteiger partial charge on any atom is -0.354 e. The van der Waals surface area contributed by atoms with Crippen molar-refractivity contribution < 1.29 is 9.32 Å². The maximum absolute atomic E-state index is 11.3. The molecule has 15 heavy (non-hydrogen) atoms. The van der Waals surface area contributed by atoms with Gasteiger partial charge in [-0.2, -0.15) is 4.98 Å². The number of aromatic nitrogens is 2. The van der Waals surface area contributed by atoms with E-state index in [2.05, 4.69) is 22.0 Å². The maximum Gasteiger partial charge on any atom is 0.237 e. The highest BCUT2D eigenvalue weighted by Crippen LogP contribution is 1.92. The largest absolute Gasteiger partial charge is 0.354 e. The molecule has 0 saturated carbocycles. The third-order valence-electron chi connectivity index (χ3n) is 1.80. The van der Waals surface area contributed by atoms with Gasteiger partial charge in [-0.3, -0.25) is 4.79 Å². The SMILES string of the molecule is C=CCC(N)C(=O)NCCc1ncno1. The minimum absolute atomic E-state index is 0.200. The number of rotatable bonds is 6. The molecule has 82 valence electrons. The average Bonchev–Trinajstić information content (AvgIpc) is 2.71. The van der Waals surface area contributed by atoms with Gasteiger partial charge in [0.05, 0.1) is 6.04 Å². The quantitative estimate of drug-likeness (QED) is 0.625. The summed E-state index contributed by atoms with van der Waals surface area (Å²) in [7, 11) is 0. The summed E-state index contributed by atoms with van der Waals surface area (Å²) in [4.78, 5) is 15.1. The Morgan fingerprint density at radius 1 is 1.80 bits per heavy atom. The topological polar surface area (TPSA) is 94.0 Å². The van der Waals surface area contributed by atoms with Gasteiger partial charge in [-0.1, -0.05) is 11.2 Å². The number of nitrogens with zero attached hydrogens (tertiary/aromatic N) is 2. The molecule has 0 saturated heterocycles. The molecule has 0 bridgehead atoms. The van der Waals surface area contributed by atoms with Crippen LogP contribution >= 0.6 is 0 Å². The van der Waals surface area contributed by atoms with Gasteiger partial charge in [-0.25, -0.2) is 0 Å². The fourth-order valence-electron chi connectivity index (χ4n) is 1.02. The van der Waals surface area contributed by atoms with Crippen LogP contribution in [0.25, 0.3) is 0 Å². The van der Waals surface area contributed by atoms with Crippen LogP contribution in [-0.2, 0) is 11.2 Å². The fraction of sp³-hybridized carbons (Fsp3) is 0.444. The van der Waals surface area contributed by atoms with Gasteiger partial charge in [0.1, 0.15) is 0 Å². The Hall–Kier alpha value is -1.69. The Morgan fingerprint density at radius 2 is 2.60 bits per heavy atom. The lowest BCUT2D eigenvalue weighted by atomic mass is 10.2. The van der Waals surface area contributed by atoms with Crippen LogP contribution < -0.4 is 11.1 Å². The second-order valence-corrected chi connectivity index (χ2v) is 3.01. The van der Waals surface area contributed by atoms with Crippen molar-refractivity contribution in [2.75, 3.05) is 6.54 Å². The zero-order valence-corrected chi connectivity index (χ0v) is 8.35. The second-order valence-electron chi connectivity index (χ2n) is 3.01. The average molecular weight is 210 g/mol. The monoisotopic (exact) mass is 210 g/mol. The van der Waals surface area contributed by atoms with Crippen LogP contribution in [0.4, 0.5) is 0 Å². The molecule has 1 atom stereocenters. The van der Waals surface area contributed by atoms with Gasteiger partial charge < -0.3 is 15.6 Å². The van der Waals surface area contributed by atoms with Gasteiger partial charge in [-0.05, 0) is 6.42 Å². The van der Waals surface area contributed by atoms with Gasteiger partial charge in [0, 0.05) is 13.0 Å². The van der Waals surface area contributed by atoms with E-state index in [1.165, 1.54) is 6.33 Å².